The predicted octanol–water partition coefficient (Wildman–Crippen LogP) is 0.869. The molecule has 0 atom stereocenters. The Balaban J connectivity index is 2.41. The third-order valence-corrected chi connectivity index (χ3v) is 4.12. The van der Waals surface area contributed by atoms with E-state index in [1.165, 1.54) is 10.9 Å². The van der Waals surface area contributed by atoms with Crippen LogP contribution in [0.5, 0.6) is 0 Å². The standard InChI is InChI=1S/C12H17N5O2S/c1-16(2)10-7-5-4-6-9(10)15-20(18,19)11-8-17(3)14-12(11)13/h4-8,15H,1-3H3,(H2,13,14). The molecule has 0 saturated heterocycles. The number of nitrogen functional groups attached to an aromatic ring is 1. The van der Waals surface area contributed by atoms with Crippen molar-refractivity contribution in [3.63, 3.8) is 0 Å². The van der Waals surface area contributed by atoms with E-state index in [0.29, 0.717) is 5.69 Å². The molecule has 8 heteroatoms. The summed E-state index contributed by atoms with van der Waals surface area (Å²) in [6.07, 6.45) is 1.37. The maximum Gasteiger partial charge on any atom is 0.267 e. The second kappa shape index (κ2) is 5.04. The highest BCUT2D eigenvalue weighted by atomic mass is 32.2. The Hall–Kier alpha value is -2.22. The van der Waals surface area contributed by atoms with Gasteiger partial charge < -0.3 is 10.6 Å². The van der Waals surface area contributed by atoms with Crippen LogP contribution in [-0.2, 0) is 17.1 Å². The van der Waals surface area contributed by atoms with Crippen molar-refractivity contribution in [2.45, 2.75) is 4.90 Å². The highest BCUT2D eigenvalue weighted by Gasteiger charge is 2.22. The average molecular weight is 295 g/mol. The predicted molar refractivity (Wildman–Crippen MR) is 79.2 cm³/mol. The number of aromatic nitrogens is 2. The minimum absolute atomic E-state index is 0.0256. The van der Waals surface area contributed by atoms with E-state index >= 15 is 0 Å². The van der Waals surface area contributed by atoms with E-state index < -0.39 is 10.0 Å². The summed E-state index contributed by atoms with van der Waals surface area (Å²) in [6.45, 7) is 0. The lowest BCUT2D eigenvalue weighted by molar-refractivity contribution is 0.601. The second-order valence-corrected chi connectivity index (χ2v) is 6.22. The second-order valence-electron chi connectivity index (χ2n) is 4.57. The summed E-state index contributed by atoms with van der Waals surface area (Å²) in [7, 11) is 1.53. The topological polar surface area (TPSA) is 93.2 Å². The van der Waals surface area contributed by atoms with Crippen LogP contribution in [0, 0.1) is 0 Å². The summed E-state index contributed by atoms with van der Waals surface area (Å²) < 4.78 is 28.6. The van der Waals surface area contributed by atoms with Crippen LogP contribution in [0.1, 0.15) is 0 Å². The van der Waals surface area contributed by atoms with Gasteiger partial charge in [0.1, 0.15) is 4.90 Å². The van der Waals surface area contributed by atoms with Gasteiger partial charge in [0.15, 0.2) is 5.82 Å². The number of hydrogen-bond acceptors (Lipinski definition) is 5. The number of anilines is 3. The normalized spacial score (nSPS) is 11.3. The van der Waals surface area contributed by atoms with Gasteiger partial charge in [-0.05, 0) is 12.1 Å². The molecule has 1 aromatic heterocycles. The Morgan fingerprint density at radius 1 is 1.30 bits per heavy atom. The average Bonchev–Trinajstić information content (AvgIpc) is 2.69. The summed E-state index contributed by atoms with van der Waals surface area (Å²) in [4.78, 5) is 1.79. The minimum Gasteiger partial charge on any atom is -0.381 e. The third-order valence-electron chi connectivity index (χ3n) is 2.74. The Labute approximate surface area is 118 Å². The molecular weight excluding hydrogens is 278 g/mol. The zero-order chi connectivity index (χ0) is 14.9. The number of nitrogens with zero attached hydrogens (tertiary/aromatic N) is 3. The molecule has 0 aliphatic heterocycles. The van der Waals surface area contributed by atoms with Gasteiger partial charge in [0.2, 0.25) is 0 Å². The van der Waals surface area contributed by atoms with Gasteiger partial charge in [-0.1, -0.05) is 12.1 Å². The van der Waals surface area contributed by atoms with Crippen molar-refractivity contribution >= 4 is 27.2 Å². The van der Waals surface area contributed by atoms with E-state index in [1.807, 2.05) is 31.1 Å². The van der Waals surface area contributed by atoms with Crippen molar-refractivity contribution in [3.05, 3.63) is 30.5 Å². The fourth-order valence-electron chi connectivity index (χ4n) is 1.84. The molecule has 2 aromatic rings. The number of hydrogen-bond donors (Lipinski definition) is 2. The number of aryl methyl sites for hydroxylation is 1. The smallest absolute Gasteiger partial charge is 0.267 e. The van der Waals surface area contributed by atoms with Crippen LogP contribution in [0.2, 0.25) is 0 Å². The van der Waals surface area contributed by atoms with E-state index in [2.05, 4.69) is 9.82 Å². The Kier molecular flexibility index (Phi) is 3.58. The number of sulfonamides is 1. The molecule has 1 heterocycles. The molecular formula is C12H17N5O2S. The van der Waals surface area contributed by atoms with Gasteiger partial charge >= 0.3 is 0 Å². The maximum absolute atomic E-state index is 12.3. The Morgan fingerprint density at radius 3 is 2.50 bits per heavy atom. The molecule has 0 bridgehead atoms. The van der Waals surface area contributed by atoms with Crippen molar-refractivity contribution in [3.8, 4) is 0 Å². The van der Waals surface area contributed by atoms with Crippen molar-refractivity contribution in [1.29, 1.82) is 0 Å². The van der Waals surface area contributed by atoms with E-state index in [0.717, 1.165) is 5.69 Å². The molecule has 3 N–H and O–H groups in total. The molecule has 0 spiro atoms. The quantitative estimate of drug-likeness (QED) is 0.873. The first-order valence-electron chi connectivity index (χ1n) is 5.89. The third kappa shape index (κ3) is 2.69. The largest absolute Gasteiger partial charge is 0.381 e. The van der Waals surface area contributed by atoms with Crippen molar-refractivity contribution in [2.24, 2.45) is 7.05 Å². The van der Waals surface area contributed by atoms with Crippen LogP contribution in [0.25, 0.3) is 0 Å². The summed E-state index contributed by atoms with van der Waals surface area (Å²) in [6, 6.07) is 7.12. The van der Waals surface area contributed by atoms with Crippen molar-refractivity contribution in [2.75, 3.05) is 29.5 Å². The van der Waals surface area contributed by atoms with E-state index in [1.54, 1.807) is 19.2 Å². The van der Waals surface area contributed by atoms with Gasteiger partial charge in [-0.2, -0.15) is 5.10 Å². The monoisotopic (exact) mass is 295 g/mol. The van der Waals surface area contributed by atoms with Gasteiger partial charge in [0.05, 0.1) is 11.4 Å². The summed E-state index contributed by atoms with van der Waals surface area (Å²) in [5.74, 6) is -0.0256. The minimum atomic E-state index is -3.76. The molecule has 20 heavy (non-hydrogen) atoms. The highest BCUT2D eigenvalue weighted by molar-refractivity contribution is 7.92. The van der Waals surface area contributed by atoms with Crippen molar-refractivity contribution in [1.82, 2.24) is 9.78 Å². The SMILES string of the molecule is CN(C)c1ccccc1NS(=O)(=O)c1cn(C)nc1N. The van der Waals surface area contributed by atoms with Crippen LogP contribution in [0.15, 0.2) is 35.4 Å². The first-order valence-corrected chi connectivity index (χ1v) is 7.38. The number of nitrogens with one attached hydrogen (secondary N) is 1. The zero-order valence-corrected chi connectivity index (χ0v) is 12.3. The lowest BCUT2D eigenvalue weighted by atomic mass is 10.2. The van der Waals surface area contributed by atoms with Crippen molar-refractivity contribution < 1.29 is 8.42 Å². The lowest BCUT2D eigenvalue weighted by Crippen LogP contribution is -2.17. The van der Waals surface area contributed by atoms with Crippen LogP contribution in [0.4, 0.5) is 17.2 Å². The molecule has 2 rings (SSSR count). The van der Waals surface area contributed by atoms with Crippen LogP contribution in [0.3, 0.4) is 0 Å². The fourth-order valence-corrected chi connectivity index (χ4v) is 3.02. The molecule has 0 fully saturated rings. The molecule has 0 aliphatic carbocycles. The number of rotatable bonds is 4. The van der Waals surface area contributed by atoms with E-state index in [-0.39, 0.29) is 10.7 Å². The van der Waals surface area contributed by atoms with Crippen LogP contribution < -0.4 is 15.4 Å². The van der Waals surface area contributed by atoms with Crippen LogP contribution in [-0.4, -0.2) is 32.3 Å². The first-order chi connectivity index (χ1) is 9.31. The Morgan fingerprint density at radius 2 is 1.95 bits per heavy atom. The van der Waals surface area contributed by atoms with Gasteiger partial charge in [0, 0.05) is 27.3 Å². The maximum atomic E-state index is 12.3. The first kappa shape index (κ1) is 14.2. The van der Waals surface area contributed by atoms with Gasteiger partial charge in [-0.3, -0.25) is 9.40 Å². The molecule has 108 valence electrons. The number of nitrogens with two attached hydrogens (primary N) is 1. The molecule has 7 nitrogen and oxygen atoms in total. The number of para-hydroxylation sites is 2. The van der Waals surface area contributed by atoms with E-state index in [9.17, 15) is 8.42 Å². The molecule has 0 saturated carbocycles. The summed E-state index contributed by atoms with van der Waals surface area (Å²) in [5.41, 5.74) is 6.87. The molecule has 0 unspecified atom stereocenters. The van der Waals surface area contributed by atoms with Gasteiger partial charge in [0.25, 0.3) is 10.0 Å². The molecule has 0 aliphatic rings. The van der Waals surface area contributed by atoms with Gasteiger partial charge in [-0.15, -0.1) is 0 Å². The summed E-state index contributed by atoms with van der Waals surface area (Å²) in [5, 5.41) is 3.84. The molecule has 0 radical (unpaired) electrons. The van der Waals surface area contributed by atoms with Gasteiger partial charge in [-0.25, -0.2) is 8.42 Å². The Bertz CT molecular complexity index is 721. The molecule has 0 amide bonds. The van der Waals surface area contributed by atoms with E-state index in [4.69, 9.17) is 5.73 Å². The zero-order valence-electron chi connectivity index (χ0n) is 11.5. The van der Waals surface area contributed by atoms with Crippen LogP contribution >= 0.6 is 0 Å². The number of benzene rings is 1. The highest BCUT2D eigenvalue weighted by Crippen LogP contribution is 2.27. The molecule has 1 aromatic carbocycles. The summed E-state index contributed by atoms with van der Waals surface area (Å²) >= 11 is 0. The fraction of sp³-hybridized carbons (Fsp3) is 0.250. The lowest BCUT2D eigenvalue weighted by Gasteiger charge is -2.18.